The highest BCUT2D eigenvalue weighted by Gasteiger charge is 2.31. The lowest BCUT2D eigenvalue weighted by Gasteiger charge is -2.15. The zero-order valence-electron chi connectivity index (χ0n) is 19.2. The van der Waals surface area contributed by atoms with Crippen LogP contribution >= 0.6 is 23.2 Å². The summed E-state index contributed by atoms with van der Waals surface area (Å²) in [6.45, 7) is 0.778. The first-order chi connectivity index (χ1) is 17.9. The van der Waals surface area contributed by atoms with Crippen LogP contribution in [-0.4, -0.2) is 55.2 Å². The van der Waals surface area contributed by atoms with Crippen LogP contribution in [0.15, 0.2) is 47.4 Å². The Morgan fingerprint density at radius 1 is 1.08 bits per heavy atom. The first kappa shape index (κ1) is 28.5. The van der Waals surface area contributed by atoms with Gasteiger partial charge in [-0.25, -0.2) is 14.0 Å². The quantitative estimate of drug-likeness (QED) is 0.279. The average molecular weight is 570 g/mol. The van der Waals surface area contributed by atoms with Gasteiger partial charge in [-0.3, -0.25) is 9.59 Å². The summed E-state index contributed by atoms with van der Waals surface area (Å²) in [4.78, 5) is 47.6. The number of anilines is 1. The molecule has 3 rings (SSSR count). The summed E-state index contributed by atoms with van der Waals surface area (Å²) >= 11 is 12.1. The summed E-state index contributed by atoms with van der Waals surface area (Å²) < 4.78 is 24.4. The van der Waals surface area contributed by atoms with Gasteiger partial charge in [-0.05, 0) is 36.8 Å². The van der Waals surface area contributed by atoms with Crippen molar-refractivity contribution in [2.75, 3.05) is 5.32 Å². The summed E-state index contributed by atoms with van der Waals surface area (Å²) in [6.07, 6.45) is -3.77. The fourth-order valence-corrected chi connectivity index (χ4v) is 3.23. The van der Waals surface area contributed by atoms with Gasteiger partial charge in [-0.15, -0.1) is 0 Å². The maximum Gasteiger partial charge on any atom is 0.340 e. The topological polar surface area (TPSA) is 177 Å². The molecule has 0 radical (unpaired) electrons. The van der Waals surface area contributed by atoms with E-state index in [0.717, 1.165) is 12.3 Å². The highest BCUT2D eigenvalue weighted by molar-refractivity contribution is 6.42. The van der Waals surface area contributed by atoms with Gasteiger partial charge in [-0.2, -0.15) is 9.78 Å². The second-order valence-electron chi connectivity index (χ2n) is 7.63. The van der Waals surface area contributed by atoms with Crippen LogP contribution < -0.4 is 15.6 Å². The van der Waals surface area contributed by atoms with E-state index in [4.69, 9.17) is 33.0 Å². The molecule has 1 amide bonds. The van der Waals surface area contributed by atoms with E-state index in [-0.39, 0.29) is 32.8 Å². The van der Waals surface area contributed by atoms with Gasteiger partial charge in [0, 0.05) is 12.1 Å². The molecule has 1 aromatic heterocycles. The van der Waals surface area contributed by atoms with Gasteiger partial charge in [0.25, 0.3) is 11.5 Å². The number of nitrogens with zero attached hydrogens (tertiary/aromatic N) is 2. The average Bonchev–Trinajstić information content (AvgIpc) is 2.85. The van der Waals surface area contributed by atoms with Crippen LogP contribution in [-0.2, 0) is 21.1 Å². The Kier molecular flexibility index (Phi) is 9.01. The highest BCUT2D eigenvalue weighted by atomic mass is 35.5. The molecule has 12 nitrogen and oxygen atoms in total. The van der Waals surface area contributed by atoms with Crippen molar-refractivity contribution in [1.29, 1.82) is 0 Å². The van der Waals surface area contributed by atoms with Gasteiger partial charge >= 0.3 is 11.9 Å². The zero-order valence-corrected chi connectivity index (χ0v) is 20.7. The highest BCUT2D eigenvalue weighted by Crippen LogP contribution is 2.35. The number of aliphatic hydroxyl groups is 2. The minimum Gasteiger partial charge on any atom is -0.479 e. The molecule has 0 saturated heterocycles. The Hall–Kier alpha value is -4.04. The van der Waals surface area contributed by atoms with Gasteiger partial charge in [0.05, 0.1) is 27.5 Å². The third kappa shape index (κ3) is 6.83. The number of aryl methyl sites for hydroxylation is 1. The van der Waals surface area contributed by atoms with Gasteiger partial charge in [-0.1, -0.05) is 23.2 Å². The lowest BCUT2D eigenvalue weighted by atomic mass is 10.1. The van der Waals surface area contributed by atoms with Crippen LogP contribution in [0.3, 0.4) is 0 Å². The number of esters is 1. The molecule has 0 aliphatic carbocycles. The second kappa shape index (κ2) is 12.0. The largest absolute Gasteiger partial charge is 0.479 e. The van der Waals surface area contributed by atoms with E-state index in [1.54, 1.807) is 6.92 Å². The van der Waals surface area contributed by atoms with E-state index in [2.05, 4.69) is 15.2 Å². The zero-order chi connectivity index (χ0) is 28.1. The second-order valence-corrected chi connectivity index (χ2v) is 8.45. The molecule has 0 fully saturated rings. The minimum absolute atomic E-state index is 0.0121. The lowest BCUT2D eigenvalue weighted by molar-refractivity contribution is -0.172. The molecular formula is C23H18Cl2FN3O9. The van der Waals surface area contributed by atoms with Crippen LogP contribution in [0.25, 0.3) is 0 Å². The summed E-state index contributed by atoms with van der Waals surface area (Å²) in [7, 11) is 0. The molecule has 2 aromatic carbocycles. The number of aromatic nitrogens is 2. The van der Waals surface area contributed by atoms with Crippen LogP contribution in [0.2, 0.25) is 10.0 Å². The molecule has 2 unspecified atom stereocenters. The van der Waals surface area contributed by atoms with Crippen LogP contribution in [0.4, 0.5) is 10.1 Å². The smallest absolute Gasteiger partial charge is 0.340 e. The third-order valence-electron chi connectivity index (χ3n) is 4.87. The monoisotopic (exact) mass is 569 g/mol. The molecule has 0 bridgehead atoms. The standard InChI is InChI=1S/C23H18Cl2FN3O9/c1-10-4-11(26)2-3-16(10)38-17-7-15(25)14(24)6-13(17)21(33)28-12-5-18(30)29(27-8-12)9-37-23(36)20(32)19(31)22(34)35/h2-8,19-20,31-32H,9H2,1H3,(H,28,33)(H,34,35). The number of carboxylic acids is 1. The normalized spacial score (nSPS) is 12.4. The minimum atomic E-state index is -2.42. The van der Waals surface area contributed by atoms with E-state index in [1.165, 1.54) is 30.3 Å². The van der Waals surface area contributed by atoms with Crippen molar-refractivity contribution in [2.24, 2.45) is 0 Å². The van der Waals surface area contributed by atoms with E-state index in [1.807, 2.05) is 0 Å². The number of carbonyl (C=O) groups excluding carboxylic acids is 2. The Bertz CT molecular complexity index is 1460. The molecule has 4 N–H and O–H groups in total. The van der Waals surface area contributed by atoms with E-state index in [9.17, 15) is 33.8 Å². The molecule has 3 aromatic rings. The van der Waals surface area contributed by atoms with Gasteiger partial charge in [0.1, 0.15) is 17.3 Å². The van der Waals surface area contributed by atoms with E-state index < -0.39 is 48.2 Å². The number of nitrogens with one attached hydrogen (secondary N) is 1. The SMILES string of the molecule is Cc1cc(F)ccc1Oc1cc(Cl)c(Cl)cc1C(=O)Nc1cnn(COC(=O)C(O)C(O)C(=O)O)c(=O)c1. The van der Waals surface area contributed by atoms with Gasteiger partial charge in [0.2, 0.25) is 0 Å². The van der Waals surface area contributed by atoms with Gasteiger partial charge in [0.15, 0.2) is 18.9 Å². The Morgan fingerprint density at radius 2 is 1.76 bits per heavy atom. The number of rotatable bonds is 9. The van der Waals surface area contributed by atoms with E-state index in [0.29, 0.717) is 10.2 Å². The number of benzene rings is 2. The van der Waals surface area contributed by atoms with Crippen LogP contribution in [0.5, 0.6) is 11.5 Å². The van der Waals surface area contributed by atoms with Gasteiger partial charge < -0.3 is 30.1 Å². The fourth-order valence-electron chi connectivity index (χ4n) is 2.91. The maximum absolute atomic E-state index is 13.4. The molecule has 0 spiro atoms. The first-order valence-corrected chi connectivity index (χ1v) is 11.2. The summed E-state index contributed by atoms with van der Waals surface area (Å²) in [5.74, 6) is -4.37. The molecule has 200 valence electrons. The number of ether oxygens (including phenoxy) is 2. The van der Waals surface area contributed by atoms with Crippen molar-refractivity contribution < 1.29 is 43.6 Å². The van der Waals surface area contributed by atoms with Crippen molar-refractivity contribution in [1.82, 2.24) is 9.78 Å². The number of hydrogen-bond donors (Lipinski definition) is 4. The number of hydrogen-bond acceptors (Lipinski definition) is 9. The van der Waals surface area contributed by atoms with Crippen molar-refractivity contribution in [3.8, 4) is 11.5 Å². The van der Waals surface area contributed by atoms with Crippen LogP contribution in [0.1, 0.15) is 15.9 Å². The predicted octanol–water partition coefficient (Wildman–Crippen LogP) is 2.35. The van der Waals surface area contributed by atoms with Crippen LogP contribution in [0, 0.1) is 12.7 Å². The number of carboxylic acid groups (broad SMARTS) is 1. The Labute approximate surface area is 222 Å². The van der Waals surface area contributed by atoms with Crippen molar-refractivity contribution in [2.45, 2.75) is 25.9 Å². The molecule has 0 aliphatic rings. The third-order valence-corrected chi connectivity index (χ3v) is 5.60. The number of halogens is 3. The number of carbonyl (C=O) groups is 3. The molecule has 0 aliphatic heterocycles. The Morgan fingerprint density at radius 3 is 2.39 bits per heavy atom. The predicted molar refractivity (Wildman–Crippen MR) is 130 cm³/mol. The summed E-state index contributed by atoms with van der Waals surface area (Å²) in [5.41, 5.74) is -0.552. The molecule has 1 heterocycles. The maximum atomic E-state index is 13.4. The van der Waals surface area contributed by atoms with Crippen molar-refractivity contribution in [3.63, 3.8) is 0 Å². The number of amides is 1. The summed E-state index contributed by atoms with van der Waals surface area (Å²) in [5, 5.41) is 33.5. The number of aliphatic carboxylic acids is 1. The van der Waals surface area contributed by atoms with E-state index >= 15 is 0 Å². The number of aliphatic hydroxyl groups excluding tert-OH is 2. The molecule has 2 atom stereocenters. The Balaban J connectivity index is 1.76. The van der Waals surface area contributed by atoms with Crippen molar-refractivity contribution >= 4 is 46.7 Å². The molecular weight excluding hydrogens is 552 g/mol. The molecule has 0 saturated carbocycles. The molecule has 15 heteroatoms. The fraction of sp³-hybridized carbons (Fsp3) is 0.174. The summed E-state index contributed by atoms with van der Waals surface area (Å²) in [6, 6.07) is 7.24. The first-order valence-electron chi connectivity index (χ1n) is 10.4. The lowest BCUT2D eigenvalue weighted by Crippen LogP contribution is -2.41. The molecule has 38 heavy (non-hydrogen) atoms. The van der Waals surface area contributed by atoms with Crippen molar-refractivity contribution in [3.05, 3.63) is 79.9 Å².